The molecule has 1 saturated heterocycles. The smallest absolute Gasteiger partial charge is 0.271 e. The lowest BCUT2D eigenvalue weighted by Gasteiger charge is -2.14. The molecule has 2 aromatic carbocycles. The van der Waals surface area contributed by atoms with E-state index in [0.717, 1.165) is 17.3 Å². The van der Waals surface area contributed by atoms with Crippen molar-refractivity contribution in [2.24, 2.45) is 0 Å². The number of amides is 1. The first kappa shape index (κ1) is 17.6. The SMILES string of the molecule is N=C1S/C(=C\c2ccc(-c3ccc(F)cc3)o2)C(=O)N1c1ccc2c(c1)OCO2. The van der Waals surface area contributed by atoms with Crippen LogP contribution in [-0.4, -0.2) is 17.9 Å². The number of carbonyl (C=O) groups excluding carboxylic acids is 1. The summed E-state index contributed by atoms with van der Waals surface area (Å²) >= 11 is 1.05. The van der Waals surface area contributed by atoms with Crippen LogP contribution in [0.4, 0.5) is 10.1 Å². The summed E-state index contributed by atoms with van der Waals surface area (Å²) in [6.45, 7) is 0.138. The molecule has 1 aromatic heterocycles. The van der Waals surface area contributed by atoms with Crippen molar-refractivity contribution in [2.75, 3.05) is 11.7 Å². The third-order valence-corrected chi connectivity index (χ3v) is 5.36. The molecule has 0 radical (unpaired) electrons. The first-order chi connectivity index (χ1) is 14.1. The van der Waals surface area contributed by atoms with Gasteiger partial charge in [0.25, 0.3) is 5.91 Å². The third kappa shape index (κ3) is 3.17. The molecule has 2 aliphatic rings. The fourth-order valence-corrected chi connectivity index (χ4v) is 3.92. The van der Waals surface area contributed by atoms with Gasteiger partial charge >= 0.3 is 0 Å². The number of rotatable bonds is 3. The van der Waals surface area contributed by atoms with Crippen molar-refractivity contribution in [3.05, 3.63) is 71.1 Å². The predicted octanol–water partition coefficient (Wildman–Crippen LogP) is 4.87. The van der Waals surface area contributed by atoms with E-state index < -0.39 is 0 Å². The Morgan fingerprint density at radius 1 is 1.03 bits per heavy atom. The normalized spacial score (nSPS) is 16.9. The van der Waals surface area contributed by atoms with Crippen LogP contribution in [0.5, 0.6) is 11.5 Å². The fourth-order valence-electron chi connectivity index (χ4n) is 3.07. The van der Waals surface area contributed by atoms with Crippen LogP contribution in [0.25, 0.3) is 17.4 Å². The molecule has 2 aliphatic heterocycles. The Kier molecular flexibility index (Phi) is 4.13. The van der Waals surface area contributed by atoms with Crippen molar-refractivity contribution in [1.82, 2.24) is 0 Å². The quantitative estimate of drug-likeness (QED) is 0.626. The van der Waals surface area contributed by atoms with E-state index in [4.69, 9.17) is 19.3 Å². The Morgan fingerprint density at radius 3 is 2.66 bits per heavy atom. The number of hydrogen-bond acceptors (Lipinski definition) is 6. The van der Waals surface area contributed by atoms with Crippen LogP contribution >= 0.6 is 11.8 Å². The van der Waals surface area contributed by atoms with E-state index >= 15 is 0 Å². The topological polar surface area (TPSA) is 75.8 Å². The Bertz CT molecular complexity index is 1170. The van der Waals surface area contributed by atoms with Crippen LogP contribution in [0.1, 0.15) is 5.76 Å². The van der Waals surface area contributed by atoms with Crippen molar-refractivity contribution in [2.45, 2.75) is 0 Å². The van der Waals surface area contributed by atoms with Crippen molar-refractivity contribution >= 4 is 34.6 Å². The van der Waals surface area contributed by atoms with Crippen LogP contribution in [0, 0.1) is 11.2 Å². The van der Waals surface area contributed by atoms with Gasteiger partial charge in [-0.15, -0.1) is 0 Å². The lowest BCUT2D eigenvalue weighted by atomic mass is 10.2. The van der Waals surface area contributed by atoms with Gasteiger partial charge in [0, 0.05) is 17.7 Å². The molecule has 29 heavy (non-hydrogen) atoms. The lowest BCUT2D eigenvalue weighted by Crippen LogP contribution is -2.28. The molecule has 3 aromatic rings. The summed E-state index contributed by atoms with van der Waals surface area (Å²) in [5.41, 5.74) is 1.27. The van der Waals surface area contributed by atoms with Crippen LogP contribution < -0.4 is 14.4 Å². The molecule has 8 heteroatoms. The predicted molar refractivity (Wildman–Crippen MR) is 107 cm³/mol. The van der Waals surface area contributed by atoms with E-state index in [9.17, 15) is 9.18 Å². The molecule has 0 saturated carbocycles. The lowest BCUT2D eigenvalue weighted by molar-refractivity contribution is -0.113. The minimum Gasteiger partial charge on any atom is -0.457 e. The summed E-state index contributed by atoms with van der Waals surface area (Å²) in [7, 11) is 0. The monoisotopic (exact) mass is 408 g/mol. The summed E-state index contributed by atoms with van der Waals surface area (Å²) in [5.74, 6) is 1.55. The second-order valence-electron chi connectivity index (χ2n) is 6.30. The van der Waals surface area contributed by atoms with E-state index in [1.807, 2.05) is 0 Å². The maximum atomic E-state index is 13.1. The van der Waals surface area contributed by atoms with Gasteiger partial charge in [0.05, 0.1) is 10.6 Å². The highest BCUT2D eigenvalue weighted by molar-refractivity contribution is 8.19. The standard InChI is InChI=1S/C21H13FN2O4S/c22-13-3-1-12(2-4-13)16-8-6-15(28-16)10-19-20(25)24(21(23)29-19)14-5-7-17-18(9-14)27-11-26-17/h1-10,23H,11H2/b19-10-,23-21?. The van der Waals surface area contributed by atoms with Crippen LogP contribution in [-0.2, 0) is 4.79 Å². The molecule has 1 amide bonds. The first-order valence-corrected chi connectivity index (χ1v) is 9.48. The van der Waals surface area contributed by atoms with Crippen LogP contribution in [0.15, 0.2) is 63.9 Å². The number of carbonyl (C=O) groups is 1. The van der Waals surface area contributed by atoms with Gasteiger partial charge in [-0.1, -0.05) is 0 Å². The highest BCUT2D eigenvalue weighted by atomic mass is 32.2. The number of furan rings is 1. The van der Waals surface area contributed by atoms with Gasteiger partial charge in [-0.3, -0.25) is 15.1 Å². The molecule has 0 aliphatic carbocycles. The minimum atomic E-state index is -0.322. The fraction of sp³-hybridized carbons (Fsp3) is 0.0476. The average molecular weight is 408 g/mol. The van der Waals surface area contributed by atoms with E-state index in [-0.39, 0.29) is 23.7 Å². The van der Waals surface area contributed by atoms with Crippen molar-refractivity contribution < 1.29 is 23.1 Å². The Morgan fingerprint density at radius 2 is 1.83 bits per heavy atom. The zero-order valence-corrected chi connectivity index (χ0v) is 15.7. The summed E-state index contributed by atoms with van der Waals surface area (Å²) in [6.07, 6.45) is 1.60. The number of nitrogens with one attached hydrogen (secondary N) is 1. The van der Waals surface area contributed by atoms with Gasteiger partial charge in [0.1, 0.15) is 17.3 Å². The molecule has 0 bridgehead atoms. The molecule has 0 atom stereocenters. The van der Waals surface area contributed by atoms with Crippen LogP contribution in [0.3, 0.4) is 0 Å². The van der Waals surface area contributed by atoms with Crippen molar-refractivity contribution in [3.63, 3.8) is 0 Å². The Labute approximate surface area is 169 Å². The molecule has 3 heterocycles. The van der Waals surface area contributed by atoms with Crippen LogP contribution in [0.2, 0.25) is 0 Å². The molecule has 0 unspecified atom stereocenters. The zero-order valence-electron chi connectivity index (χ0n) is 14.8. The Balaban J connectivity index is 1.41. The average Bonchev–Trinajstić information content (AvgIpc) is 3.42. The van der Waals surface area contributed by atoms with Crippen molar-refractivity contribution in [1.29, 1.82) is 5.41 Å². The summed E-state index contributed by atoms with van der Waals surface area (Å²) in [5, 5.41) is 8.30. The molecule has 0 spiro atoms. The second-order valence-corrected chi connectivity index (χ2v) is 7.33. The van der Waals surface area contributed by atoms with Gasteiger partial charge in [0.2, 0.25) is 6.79 Å². The molecule has 1 fully saturated rings. The zero-order chi connectivity index (χ0) is 20.0. The summed E-state index contributed by atoms with van der Waals surface area (Å²) in [6, 6.07) is 14.5. The van der Waals surface area contributed by atoms with E-state index in [0.29, 0.717) is 33.6 Å². The highest BCUT2D eigenvalue weighted by Gasteiger charge is 2.34. The first-order valence-electron chi connectivity index (χ1n) is 8.66. The second kappa shape index (κ2) is 6.82. The number of amidine groups is 1. The number of nitrogens with zero attached hydrogens (tertiary/aromatic N) is 1. The largest absolute Gasteiger partial charge is 0.457 e. The highest BCUT2D eigenvalue weighted by Crippen LogP contribution is 2.40. The number of benzene rings is 2. The summed E-state index contributed by atoms with van der Waals surface area (Å²) in [4.78, 5) is 14.6. The third-order valence-electron chi connectivity index (χ3n) is 4.47. The van der Waals surface area contributed by atoms with Crippen molar-refractivity contribution in [3.8, 4) is 22.8 Å². The Hall–Kier alpha value is -3.52. The number of thioether (sulfide) groups is 1. The summed E-state index contributed by atoms with van der Waals surface area (Å²) < 4.78 is 29.5. The molecule has 144 valence electrons. The van der Waals surface area contributed by atoms with Gasteiger partial charge in [0.15, 0.2) is 16.7 Å². The van der Waals surface area contributed by atoms with E-state index in [1.54, 1.807) is 48.5 Å². The molecular weight excluding hydrogens is 395 g/mol. The van der Waals surface area contributed by atoms with Gasteiger partial charge in [-0.25, -0.2) is 4.39 Å². The molecule has 1 N–H and O–H groups in total. The number of fused-ring (bicyclic) bond motifs is 1. The molecule has 5 rings (SSSR count). The van der Waals surface area contributed by atoms with Gasteiger partial charge < -0.3 is 13.9 Å². The van der Waals surface area contributed by atoms with Gasteiger partial charge in [-0.05, 0) is 60.3 Å². The minimum absolute atomic E-state index is 0.0884. The molecular formula is C21H13FN2O4S. The van der Waals surface area contributed by atoms with E-state index in [1.165, 1.54) is 17.0 Å². The number of anilines is 1. The molecule has 6 nitrogen and oxygen atoms in total. The maximum absolute atomic E-state index is 13.1. The number of halogens is 1. The maximum Gasteiger partial charge on any atom is 0.271 e. The number of ether oxygens (including phenoxy) is 2. The van der Waals surface area contributed by atoms with Gasteiger partial charge in [-0.2, -0.15) is 0 Å². The van der Waals surface area contributed by atoms with E-state index in [2.05, 4.69) is 0 Å². The number of hydrogen-bond donors (Lipinski definition) is 1.